The zero-order valence-corrected chi connectivity index (χ0v) is 16.9. The van der Waals surface area contributed by atoms with Crippen molar-refractivity contribution in [2.45, 2.75) is 58.1 Å². The van der Waals surface area contributed by atoms with Gasteiger partial charge < -0.3 is 15.0 Å². The third-order valence-corrected chi connectivity index (χ3v) is 4.98. The summed E-state index contributed by atoms with van der Waals surface area (Å²) in [4.78, 5) is 40.8. The molecule has 0 bridgehead atoms. The maximum Gasteiger partial charge on any atom is 0.410 e. The SMILES string of the molecule is CC(C)(C)OC(=O)N1CCC[C@@H]1C(=O)Nc1ccc(C(=O)N2CCCC2)cc1. The standard InChI is InChI=1S/C21H29N3O4/c1-21(2,3)28-20(27)24-14-6-7-17(24)18(25)22-16-10-8-15(9-11-16)19(26)23-12-4-5-13-23/h8-11,17H,4-7,12-14H2,1-3H3,(H,22,25)/t17-/m1/s1. The minimum atomic E-state index is -0.599. The number of benzene rings is 1. The molecule has 1 N–H and O–H groups in total. The molecule has 0 aromatic heterocycles. The van der Waals surface area contributed by atoms with Crippen LogP contribution < -0.4 is 5.32 Å². The molecular weight excluding hydrogens is 358 g/mol. The largest absolute Gasteiger partial charge is 0.444 e. The Hall–Kier alpha value is -2.57. The predicted octanol–water partition coefficient (Wildman–Crippen LogP) is 3.26. The Labute approximate surface area is 166 Å². The third kappa shape index (κ3) is 4.82. The lowest BCUT2D eigenvalue weighted by Crippen LogP contribution is -2.45. The number of anilines is 1. The van der Waals surface area contributed by atoms with E-state index in [9.17, 15) is 14.4 Å². The minimum absolute atomic E-state index is 0.0299. The number of rotatable bonds is 3. The van der Waals surface area contributed by atoms with Gasteiger partial charge in [0.15, 0.2) is 0 Å². The maximum absolute atomic E-state index is 12.7. The van der Waals surface area contributed by atoms with Gasteiger partial charge in [-0.25, -0.2) is 4.79 Å². The quantitative estimate of drug-likeness (QED) is 0.863. The van der Waals surface area contributed by atoms with Gasteiger partial charge in [-0.15, -0.1) is 0 Å². The number of likely N-dealkylation sites (tertiary alicyclic amines) is 2. The highest BCUT2D eigenvalue weighted by Gasteiger charge is 2.36. The fourth-order valence-corrected chi connectivity index (χ4v) is 3.60. The molecule has 0 saturated carbocycles. The Balaban J connectivity index is 1.60. The highest BCUT2D eigenvalue weighted by Crippen LogP contribution is 2.23. The normalized spacial score (nSPS) is 19.6. The van der Waals surface area contributed by atoms with Gasteiger partial charge in [0.1, 0.15) is 11.6 Å². The molecule has 1 aromatic carbocycles. The van der Waals surface area contributed by atoms with Gasteiger partial charge in [-0.05, 0) is 70.7 Å². The van der Waals surface area contributed by atoms with Crippen molar-refractivity contribution in [1.82, 2.24) is 9.80 Å². The first-order valence-electron chi connectivity index (χ1n) is 9.94. The Morgan fingerprint density at radius 3 is 2.25 bits per heavy atom. The number of hydrogen-bond acceptors (Lipinski definition) is 4. The summed E-state index contributed by atoms with van der Waals surface area (Å²) in [6.45, 7) is 7.54. The molecule has 3 rings (SSSR count). The second-order valence-electron chi connectivity index (χ2n) is 8.40. The summed E-state index contributed by atoms with van der Waals surface area (Å²) in [6.07, 6.45) is 3.01. The molecule has 152 valence electrons. The van der Waals surface area contributed by atoms with Gasteiger partial charge in [-0.2, -0.15) is 0 Å². The van der Waals surface area contributed by atoms with Gasteiger partial charge in [0.25, 0.3) is 5.91 Å². The number of ether oxygens (including phenoxy) is 1. The lowest BCUT2D eigenvalue weighted by atomic mass is 10.1. The lowest BCUT2D eigenvalue weighted by Gasteiger charge is -2.28. The number of nitrogens with zero attached hydrogens (tertiary/aromatic N) is 2. The van der Waals surface area contributed by atoms with E-state index in [1.54, 1.807) is 45.0 Å². The molecule has 0 spiro atoms. The Morgan fingerprint density at radius 1 is 1.00 bits per heavy atom. The van der Waals surface area contributed by atoms with E-state index in [-0.39, 0.29) is 11.8 Å². The first-order chi connectivity index (χ1) is 13.2. The molecule has 2 heterocycles. The van der Waals surface area contributed by atoms with E-state index in [0.717, 1.165) is 32.4 Å². The van der Waals surface area contributed by atoms with E-state index < -0.39 is 17.7 Å². The Kier molecular flexibility index (Phi) is 5.91. The van der Waals surface area contributed by atoms with Crippen LogP contribution in [0.3, 0.4) is 0 Å². The first kappa shape index (κ1) is 20.2. The Bertz CT molecular complexity index is 733. The fourth-order valence-electron chi connectivity index (χ4n) is 3.60. The smallest absolute Gasteiger partial charge is 0.410 e. The molecule has 0 unspecified atom stereocenters. The summed E-state index contributed by atoms with van der Waals surface area (Å²) in [5, 5.41) is 2.85. The van der Waals surface area contributed by atoms with Crippen LogP contribution in [0.2, 0.25) is 0 Å². The maximum atomic E-state index is 12.7. The van der Waals surface area contributed by atoms with Crippen molar-refractivity contribution in [2.75, 3.05) is 25.0 Å². The van der Waals surface area contributed by atoms with E-state index in [1.807, 2.05) is 4.90 Å². The van der Waals surface area contributed by atoms with Gasteiger partial charge in [0.2, 0.25) is 5.91 Å². The minimum Gasteiger partial charge on any atom is -0.444 e. The van der Waals surface area contributed by atoms with Crippen molar-refractivity contribution in [3.8, 4) is 0 Å². The zero-order chi connectivity index (χ0) is 20.3. The van der Waals surface area contributed by atoms with Crippen molar-refractivity contribution in [3.05, 3.63) is 29.8 Å². The molecule has 3 amide bonds. The molecule has 28 heavy (non-hydrogen) atoms. The van der Waals surface area contributed by atoms with Gasteiger partial charge >= 0.3 is 6.09 Å². The second kappa shape index (κ2) is 8.20. The molecule has 0 radical (unpaired) electrons. The van der Waals surface area contributed by atoms with Crippen molar-refractivity contribution in [2.24, 2.45) is 0 Å². The molecule has 2 aliphatic heterocycles. The van der Waals surface area contributed by atoms with E-state index in [2.05, 4.69) is 5.32 Å². The van der Waals surface area contributed by atoms with Gasteiger partial charge in [0.05, 0.1) is 0 Å². The lowest BCUT2D eigenvalue weighted by molar-refractivity contribution is -0.120. The molecular formula is C21H29N3O4. The highest BCUT2D eigenvalue weighted by atomic mass is 16.6. The number of hydrogen-bond donors (Lipinski definition) is 1. The third-order valence-electron chi connectivity index (χ3n) is 4.98. The van der Waals surface area contributed by atoms with E-state index in [1.165, 1.54) is 4.90 Å². The van der Waals surface area contributed by atoms with Gasteiger partial charge in [0, 0.05) is 30.9 Å². The summed E-state index contributed by atoms with van der Waals surface area (Å²) in [5.74, 6) is -0.204. The van der Waals surface area contributed by atoms with Crippen molar-refractivity contribution in [3.63, 3.8) is 0 Å². The number of carbonyl (C=O) groups excluding carboxylic acids is 3. The predicted molar refractivity (Wildman–Crippen MR) is 106 cm³/mol. The van der Waals surface area contributed by atoms with Crippen LogP contribution >= 0.6 is 0 Å². The molecule has 0 aliphatic carbocycles. The highest BCUT2D eigenvalue weighted by molar-refractivity contribution is 5.98. The monoisotopic (exact) mass is 387 g/mol. The van der Waals surface area contributed by atoms with Crippen LogP contribution in [0.1, 0.15) is 56.8 Å². The van der Waals surface area contributed by atoms with Gasteiger partial charge in [-0.3, -0.25) is 14.5 Å². The van der Waals surface area contributed by atoms with E-state index in [0.29, 0.717) is 24.2 Å². The molecule has 2 saturated heterocycles. The van der Waals surface area contributed by atoms with Crippen molar-refractivity contribution >= 4 is 23.6 Å². The van der Waals surface area contributed by atoms with Gasteiger partial charge in [-0.1, -0.05) is 0 Å². The van der Waals surface area contributed by atoms with Crippen LogP contribution in [0.15, 0.2) is 24.3 Å². The number of carbonyl (C=O) groups is 3. The van der Waals surface area contributed by atoms with Crippen LogP contribution in [-0.2, 0) is 9.53 Å². The molecule has 7 heteroatoms. The van der Waals surface area contributed by atoms with Crippen LogP contribution in [0.5, 0.6) is 0 Å². The summed E-state index contributed by atoms with van der Waals surface area (Å²) in [7, 11) is 0. The van der Waals surface area contributed by atoms with Crippen LogP contribution in [-0.4, -0.2) is 59.0 Å². The number of amides is 3. The van der Waals surface area contributed by atoms with Crippen molar-refractivity contribution < 1.29 is 19.1 Å². The summed E-state index contributed by atoms with van der Waals surface area (Å²) in [6, 6.07) is 6.38. The second-order valence-corrected chi connectivity index (χ2v) is 8.40. The summed E-state index contributed by atoms with van der Waals surface area (Å²) >= 11 is 0. The molecule has 1 atom stereocenters. The average molecular weight is 387 g/mol. The summed E-state index contributed by atoms with van der Waals surface area (Å²) < 4.78 is 5.41. The Morgan fingerprint density at radius 2 is 1.64 bits per heavy atom. The topological polar surface area (TPSA) is 79.0 Å². The van der Waals surface area contributed by atoms with Crippen LogP contribution in [0, 0.1) is 0 Å². The van der Waals surface area contributed by atoms with E-state index in [4.69, 9.17) is 4.74 Å². The van der Waals surface area contributed by atoms with E-state index >= 15 is 0 Å². The van der Waals surface area contributed by atoms with Crippen LogP contribution in [0.4, 0.5) is 10.5 Å². The van der Waals surface area contributed by atoms with Crippen LogP contribution in [0.25, 0.3) is 0 Å². The molecule has 2 aliphatic rings. The van der Waals surface area contributed by atoms with Crippen molar-refractivity contribution in [1.29, 1.82) is 0 Å². The first-order valence-corrected chi connectivity index (χ1v) is 9.94. The zero-order valence-electron chi connectivity index (χ0n) is 16.9. The summed E-state index contributed by atoms with van der Waals surface area (Å²) in [5.41, 5.74) is 0.633. The number of nitrogens with one attached hydrogen (secondary N) is 1. The molecule has 2 fully saturated rings. The fraction of sp³-hybridized carbons (Fsp3) is 0.571. The molecule has 1 aromatic rings. The molecule has 7 nitrogen and oxygen atoms in total. The average Bonchev–Trinajstić information content (AvgIpc) is 3.32.